The van der Waals surface area contributed by atoms with Crippen molar-refractivity contribution in [3.63, 3.8) is 0 Å². The van der Waals surface area contributed by atoms with Gasteiger partial charge in [0, 0.05) is 23.7 Å². The summed E-state index contributed by atoms with van der Waals surface area (Å²) in [4.78, 5) is 4.35. The molecule has 0 N–H and O–H groups in total. The zero-order chi connectivity index (χ0) is 20.8. The Balaban J connectivity index is 0.000000166. The van der Waals surface area contributed by atoms with Gasteiger partial charge in [0.25, 0.3) is 0 Å². The van der Waals surface area contributed by atoms with E-state index in [-0.39, 0.29) is 0 Å². The SMILES string of the molecule is CC(C)Cc1cccc2c1ccc[n+]2[O-].CC(C)Cc1cccc2ncccc12. The van der Waals surface area contributed by atoms with Crippen LogP contribution in [0.3, 0.4) is 0 Å². The minimum Gasteiger partial charge on any atom is -0.618 e. The van der Waals surface area contributed by atoms with E-state index in [9.17, 15) is 5.21 Å². The van der Waals surface area contributed by atoms with Crippen LogP contribution >= 0.6 is 0 Å². The lowest BCUT2D eigenvalue weighted by molar-refractivity contribution is -0.577. The summed E-state index contributed by atoms with van der Waals surface area (Å²) in [5, 5.41) is 13.9. The molecule has 0 fully saturated rings. The third kappa shape index (κ3) is 5.32. The average molecular weight is 387 g/mol. The quantitative estimate of drug-likeness (QED) is 0.314. The van der Waals surface area contributed by atoms with Crippen LogP contribution in [0, 0.1) is 17.0 Å². The summed E-state index contributed by atoms with van der Waals surface area (Å²) in [5.41, 5.74) is 4.53. The van der Waals surface area contributed by atoms with Gasteiger partial charge in [-0.3, -0.25) is 4.98 Å². The molecule has 2 aromatic carbocycles. The normalized spacial score (nSPS) is 11.1. The van der Waals surface area contributed by atoms with Gasteiger partial charge in [-0.1, -0.05) is 58.0 Å². The van der Waals surface area contributed by atoms with Crippen molar-refractivity contribution in [2.24, 2.45) is 11.8 Å². The molecule has 3 heteroatoms. The highest BCUT2D eigenvalue weighted by Gasteiger charge is 2.08. The van der Waals surface area contributed by atoms with E-state index in [0.29, 0.717) is 11.8 Å². The number of hydrogen-bond acceptors (Lipinski definition) is 2. The first-order chi connectivity index (χ1) is 14.0. The number of pyridine rings is 2. The Hall–Kier alpha value is -2.94. The summed E-state index contributed by atoms with van der Waals surface area (Å²) in [7, 11) is 0. The smallest absolute Gasteiger partial charge is 0.224 e. The molecule has 0 saturated carbocycles. The van der Waals surface area contributed by atoms with Gasteiger partial charge in [0.2, 0.25) is 5.52 Å². The summed E-state index contributed by atoms with van der Waals surface area (Å²) < 4.78 is 0.930. The highest BCUT2D eigenvalue weighted by atomic mass is 16.5. The maximum Gasteiger partial charge on any atom is 0.224 e. The van der Waals surface area contributed by atoms with E-state index in [2.05, 4.69) is 63.0 Å². The molecule has 150 valence electrons. The number of nitrogens with zero attached hydrogens (tertiary/aromatic N) is 2. The fraction of sp³-hybridized carbons (Fsp3) is 0.308. The zero-order valence-electron chi connectivity index (χ0n) is 17.8. The number of benzene rings is 2. The van der Waals surface area contributed by atoms with Gasteiger partial charge in [-0.05, 0) is 54.0 Å². The molecule has 0 aliphatic rings. The van der Waals surface area contributed by atoms with Crippen molar-refractivity contribution >= 4 is 21.8 Å². The van der Waals surface area contributed by atoms with E-state index in [1.54, 1.807) is 12.3 Å². The van der Waals surface area contributed by atoms with Crippen LogP contribution in [0.4, 0.5) is 0 Å². The summed E-state index contributed by atoms with van der Waals surface area (Å²) in [5.74, 6) is 1.30. The first kappa shape index (κ1) is 20.8. The molecule has 0 unspecified atom stereocenters. The molecular weight excluding hydrogens is 356 g/mol. The van der Waals surface area contributed by atoms with Crippen LogP contribution in [0.25, 0.3) is 21.8 Å². The van der Waals surface area contributed by atoms with Crippen LogP contribution in [0.15, 0.2) is 73.1 Å². The third-order valence-electron chi connectivity index (χ3n) is 4.89. The van der Waals surface area contributed by atoms with Gasteiger partial charge in [0.05, 0.1) is 10.9 Å². The lowest BCUT2D eigenvalue weighted by Gasteiger charge is -2.08. The molecule has 0 saturated heterocycles. The molecule has 2 heterocycles. The van der Waals surface area contributed by atoms with Crippen LogP contribution in [0.1, 0.15) is 38.8 Å². The minimum atomic E-state index is 0.607. The van der Waals surface area contributed by atoms with E-state index in [1.165, 1.54) is 16.5 Å². The topological polar surface area (TPSA) is 39.8 Å². The summed E-state index contributed by atoms with van der Waals surface area (Å²) in [6.07, 6.45) is 5.54. The van der Waals surface area contributed by atoms with Crippen molar-refractivity contribution in [2.45, 2.75) is 40.5 Å². The van der Waals surface area contributed by atoms with E-state index >= 15 is 0 Å². The van der Waals surface area contributed by atoms with Gasteiger partial charge in [-0.15, -0.1) is 0 Å². The summed E-state index contributed by atoms with van der Waals surface area (Å²) in [6, 6.07) is 20.3. The maximum absolute atomic E-state index is 11.5. The molecule has 3 nitrogen and oxygen atoms in total. The molecule has 0 aliphatic carbocycles. The van der Waals surface area contributed by atoms with Crippen LogP contribution < -0.4 is 4.73 Å². The molecule has 0 bridgehead atoms. The molecule has 0 spiro atoms. The number of hydrogen-bond donors (Lipinski definition) is 0. The van der Waals surface area contributed by atoms with Crippen molar-refractivity contribution in [1.29, 1.82) is 0 Å². The Morgan fingerprint density at radius 3 is 2.07 bits per heavy atom. The second-order valence-electron chi connectivity index (χ2n) is 8.37. The van der Waals surface area contributed by atoms with Crippen molar-refractivity contribution in [3.8, 4) is 0 Å². The fourth-order valence-electron chi connectivity index (χ4n) is 3.68. The molecule has 4 aromatic rings. The molecule has 2 aromatic heterocycles. The van der Waals surface area contributed by atoms with Crippen molar-refractivity contribution in [2.75, 3.05) is 0 Å². The van der Waals surface area contributed by atoms with E-state index in [1.807, 2.05) is 30.5 Å². The number of aromatic nitrogens is 2. The fourth-order valence-corrected chi connectivity index (χ4v) is 3.68. The van der Waals surface area contributed by atoms with Crippen LogP contribution in [0.2, 0.25) is 0 Å². The van der Waals surface area contributed by atoms with Gasteiger partial charge in [-0.25, -0.2) is 0 Å². The Bertz CT molecular complexity index is 1080. The first-order valence-electron chi connectivity index (χ1n) is 10.4. The summed E-state index contributed by atoms with van der Waals surface area (Å²) >= 11 is 0. The Kier molecular flexibility index (Phi) is 6.82. The van der Waals surface area contributed by atoms with Gasteiger partial charge in [-0.2, -0.15) is 4.73 Å². The lowest BCUT2D eigenvalue weighted by atomic mass is 9.99. The Morgan fingerprint density at radius 1 is 0.759 bits per heavy atom. The predicted molar refractivity (Wildman–Crippen MR) is 122 cm³/mol. The molecule has 0 aliphatic heterocycles. The van der Waals surface area contributed by atoms with E-state index < -0.39 is 0 Å². The summed E-state index contributed by atoms with van der Waals surface area (Å²) in [6.45, 7) is 8.87. The Labute approximate surface area is 173 Å². The van der Waals surface area contributed by atoms with E-state index in [0.717, 1.165) is 34.0 Å². The lowest BCUT2D eigenvalue weighted by Crippen LogP contribution is -2.25. The van der Waals surface area contributed by atoms with Gasteiger partial charge >= 0.3 is 0 Å². The van der Waals surface area contributed by atoms with Gasteiger partial charge < -0.3 is 5.21 Å². The molecule has 0 atom stereocenters. The van der Waals surface area contributed by atoms with Crippen molar-refractivity contribution < 1.29 is 4.73 Å². The largest absolute Gasteiger partial charge is 0.618 e. The molecule has 0 radical (unpaired) electrons. The monoisotopic (exact) mass is 386 g/mol. The van der Waals surface area contributed by atoms with Crippen molar-refractivity contribution in [3.05, 3.63) is 89.4 Å². The van der Waals surface area contributed by atoms with Crippen LogP contribution in [-0.2, 0) is 12.8 Å². The highest BCUT2D eigenvalue weighted by Crippen LogP contribution is 2.20. The third-order valence-corrected chi connectivity index (χ3v) is 4.89. The second-order valence-corrected chi connectivity index (χ2v) is 8.37. The molecule has 4 rings (SSSR count). The number of rotatable bonds is 4. The molecule has 29 heavy (non-hydrogen) atoms. The standard InChI is InChI=1S/C13H15NO.C13H15N/c1-10(2)9-11-5-3-7-13-12(11)6-4-8-14(13)15;1-10(2)9-11-5-3-7-13-12(11)6-4-8-14-13/h3-8,10H,9H2,1-2H3;3-8,10H,9H2,1-2H3. The highest BCUT2D eigenvalue weighted by molar-refractivity contribution is 5.82. The van der Waals surface area contributed by atoms with Crippen molar-refractivity contribution in [1.82, 2.24) is 4.98 Å². The molecule has 0 amide bonds. The van der Waals surface area contributed by atoms with Crippen LogP contribution in [0.5, 0.6) is 0 Å². The maximum atomic E-state index is 11.5. The second kappa shape index (κ2) is 9.51. The minimum absolute atomic E-state index is 0.607. The van der Waals surface area contributed by atoms with Crippen LogP contribution in [-0.4, -0.2) is 4.98 Å². The van der Waals surface area contributed by atoms with Gasteiger partial charge in [0.1, 0.15) is 0 Å². The number of fused-ring (bicyclic) bond motifs is 2. The molecular formula is C26H30N2O. The first-order valence-corrected chi connectivity index (χ1v) is 10.4. The Morgan fingerprint density at radius 2 is 1.38 bits per heavy atom. The van der Waals surface area contributed by atoms with Gasteiger partial charge in [0.15, 0.2) is 6.20 Å². The average Bonchev–Trinajstić information content (AvgIpc) is 2.69. The zero-order valence-corrected chi connectivity index (χ0v) is 17.8. The van der Waals surface area contributed by atoms with E-state index in [4.69, 9.17) is 0 Å². The predicted octanol–water partition coefficient (Wildman–Crippen LogP) is 6.11.